The predicted molar refractivity (Wildman–Crippen MR) is 145 cm³/mol. The summed E-state index contributed by atoms with van der Waals surface area (Å²) >= 11 is 12.3. The lowest BCUT2D eigenvalue weighted by Gasteiger charge is -2.51. The summed E-state index contributed by atoms with van der Waals surface area (Å²) in [5.74, 6) is -3.52. The molecular weight excluding hydrogens is 594 g/mol. The maximum atomic E-state index is 14.1. The summed E-state index contributed by atoms with van der Waals surface area (Å²) in [4.78, 5) is 26.7. The highest BCUT2D eigenvalue weighted by atomic mass is 35.5. The van der Waals surface area contributed by atoms with Crippen LogP contribution in [0.25, 0.3) is 0 Å². The summed E-state index contributed by atoms with van der Waals surface area (Å²) in [5.41, 5.74) is -1.47. The number of hydrogen-bond donors (Lipinski definition) is 1. The fourth-order valence-corrected chi connectivity index (χ4v) is 6.29. The van der Waals surface area contributed by atoms with Gasteiger partial charge in [0.1, 0.15) is 6.10 Å². The quantitative estimate of drug-likeness (QED) is 0.365. The van der Waals surface area contributed by atoms with Gasteiger partial charge in [-0.1, -0.05) is 47.5 Å². The smallest absolute Gasteiger partial charge is 0.391 e. The van der Waals surface area contributed by atoms with Crippen molar-refractivity contribution in [2.45, 2.75) is 75.2 Å². The zero-order valence-corrected chi connectivity index (χ0v) is 24.5. The number of alkyl halides is 3. The number of hydrogen-bond acceptors (Lipinski definition) is 5. The molecule has 1 N–H and O–H groups in total. The van der Waals surface area contributed by atoms with E-state index in [0.29, 0.717) is 16.1 Å². The monoisotopic (exact) mass is 623 g/mol. The van der Waals surface area contributed by atoms with Gasteiger partial charge in [0, 0.05) is 10.0 Å². The van der Waals surface area contributed by atoms with Gasteiger partial charge in [0.15, 0.2) is 15.4 Å². The van der Waals surface area contributed by atoms with Gasteiger partial charge in [0.05, 0.1) is 35.4 Å². The average molecular weight is 625 g/mol. The van der Waals surface area contributed by atoms with Gasteiger partial charge in [-0.25, -0.2) is 8.42 Å². The molecule has 7 nitrogen and oxygen atoms in total. The molecule has 1 aliphatic heterocycles. The summed E-state index contributed by atoms with van der Waals surface area (Å²) in [6, 6.07) is 8.97. The number of nitrogens with zero attached hydrogens (tertiary/aromatic N) is 1. The second-order valence-electron chi connectivity index (χ2n) is 11.0. The fraction of sp³-hybridized carbons (Fsp3) is 0.481. The normalized spacial score (nSPS) is 23.2. The van der Waals surface area contributed by atoms with Crippen LogP contribution in [0.2, 0.25) is 10.0 Å². The molecule has 1 fully saturated rings. The van der Waals surface area contributed by atoms with E-state index in [9.17, 15) is 36.3 Å². The largest absolute Gasteiger partial charge is 0.481 e. The molecule has 220 valence electrons. The number of rotatable bonds is 8. The molecule has 1 amide bonds. The predicted octanol–water partition coefficient (Wildman–Crippen LogP) is 6.40. The lowest BCUT2D eigenvalue weighted by atomic mass is 9.86. The Morgan fingerprint density at radius 2 is 1.68 bits per heavy atom. The topological polar surface area (TPSA) is 101 Å². The molecule has 0 radical (unpaired) electrons. The first-order valence-electron chi connectivity index (χ1n) is 12.3. The van der Waals surface area contributed by atoms with Crippen molar-refractivity contribution in [1.82, 2.24) is 4.90 Å². The first kappa shape index (κ1) is 32.2. The number of carboxylic acid groups (broad SMARTS) is 1. The van der Waals surface area contributed by atoms with Crippen molar-refractivity contribution in [2.75, 3.05) is 5.75 Å². The Kier molecular flexibility index (Phi) is 9.25. The lowest BCUT2D eigenvalue weighted by molar-refractivity contribution is -0.212. The number of carboxylic acids is 1. The van der Waals surface area contributed by atoms with Crippen molar-refractivity contribution < 1.29 is 41.0 Å². The Hall–Kier alpha value is -2.34. The van der Waals surface area contributed by atoms with Crippen LogP contribution in [0.3, 0.4) is 0 Å². The molecule has 13 heteroatoms. The number of aliphatic carboxylic acids is 1. The molecule has 3 rings (SSSR count). The summed E-state index contributed by atoms with van der Waals surface area (Å²) in [5, 5.41) is 10.2. The minimum atomic E-state index is -4.87. The van der Waals surface area contributed by atoms with Crippen molar-refractivity contribution in [3.8, 4) is 0 Å². The van der Waals surface area contributed by atoms with E-state index in [1.54, 1.807) is 18.2 Å². The third-order valence-corrected chi connectivity index (χ3v) is 9.92. The Morgan fingerprint density at radius 3 is 2.17 bits per heavy atom. The van der Waals surface area contributed by atoms with Crippen LogP contribution >= 0.6 is 23.2 Å². The Bertz CT molecular complexity index is 1360. The van der Waals surface area contributed by atoms with Gasteiger partial charge < -0.3 is 14.7 Å². The molecule has 4 atom stereocenters. The van der Waals surface area contributed by atoms with Crippen LogP contribution in [0.15, 0.2) is 48.5 Å². The molecule has 1 aliphatic rings. The summed E-state index contributed by atoms with van der Waals surface area (Å²) in [6.45, 7) is 5.24. The molecule has 0 saturated carbocycles. The van der Waals surface area contributed by atoms with E-state index < -0.39 is 75.0 Å². The van der Waals surface area contributed by atoms with Gasteiger partial charge in [-0.3, -0.25) is 9.59 Å². The van der Waals surface area contributed by atoms with Crippen molar-refractivity contribution >= 4 is 44.9 Å². The molecule has 0 spiro atoms. The second-order valence-corrected chi connectivity index (χ2v) is 14.6. The highest BCUT2D eigenvalue weighted by Crippen LogP contribution is 2.49. The van der Waals surface area contributed by atoms with Gasteiger partial charge in [0.25, 0.3) is 5.91 Å². The van der Waals surface area contributed by atoms with Gasteiger partial charge >= 0.3 is 12.1 Å². The molecule has 0 aliphatic carbocycles. The zero-order valence-electron chi connectivity index (χ0n) is 22.2. The molecule has 2 aromatic carbocycles. The number of sulfone groups is 1. The standard InChI is InChI=1S/C27H30Cl2F3NO6S/c1-25(2,3)40(37,38)15-20(13-27(30,31)32)33-22(16-8-10-18(28)11-9-16)23(17-6-5-7-19(29)12-17)39-26(4,24(33)36)14-21(34)35/h5-12,20,22-23H,13-15H2,1-4H3,(H,34,35)/t20?,22-,23-,26+/m1/s1. The van der Waals surface area contributed by atoms with Gasteiger partial charge in [-0.15, -0.1) is 0 Å². The van der Waals surface area contributed by atoms with Crippen LogP contribution in [0.1, 0.15) is 63.8 Å². The van der Waals surface area contributed by atoms with Gasteiger partial charge in [-0.05, 0) is 63.1 Å². The Morgan fingerprint density at radius 1 is 1.07 bits per heavy atom. The van der Waals surface area contributed by atoms with E-state index in [2.05, 4.69) is 0 Å². The minimum Gasteiger partial charge on any atom is -0.481 e. The van der Waals surface area contributed by atoms with Gasteiger partial charge in [0.2, 0.25) is 0 Å². The van der Waals surface area contributed by atoms with Crippen LogP contribution in [0.4, 0.5) is 13.2 Å². The molecule has 2 aromatic rings. The van der Waals surface area contributed by atoms with Crippen LogP contribution in [0, 0.1) is 0 Å². The molecule has 1 unspecified atom stereocenters. The van der Waals surface area contributed by atoms with Crippen molar-refractivity contribution in [2.24, 2.45) is 0 Å². The van der Waals surface area contributed by atoms with Gasteiger partial charge in [-0.2, -0.15) is 13.2 Å². The lowest BCUT2D eigenvalue weighted by Crippen LogP contribution is -2.62. The molecule has 0 bridgehead atoms. The van der Waals surface area contributed by atoms with E-state index >= 15 is 0 Å². The van der Waals surface area contributed by atoms with Crippen LogP contribution < -0.4 is 0 Å². The molecule has 0 aromatic heterocycles. The maximum Gasteiger partial charge on any atom is 0.391 e. The molecular formula is C27H30Cl2F3NO6S. The van der Waals surface area contributed by atoms with Crippen molar-refractivity contribution in [3.63, 3.8) is 0 Å². The van der Waals surface area contributed by atoms with E-state index in [-0.39, 0.29) is 5.02 Å². The third-order valence-electron chi connectivity index (χ3n) is 6.74. The summed E-state index contributed by atoms with van der Waals surface area (Å²) in [6.07, 6.45) is -8.60. The van der Waals surface area contributed by atoms with E-state index in [0.717, 1.165) is 4.90 Å². The summed E-state index contributed by atoms with van der Waals surface area (Å²) < 4.78 is 73.3. The minimum absolute atomic E-state index is 0.265. The summed E-state index contributed by atoms with van der Waals surface area (Å²) in [7, 11) is -4.20. The Labute approximate surface area is 241 Å². The third kappa shape index (κ3) is 7.29. The number of morpholine rings is 1. The van der Waals surface area contributed by atoms with E-state index in [1.165, 1.54) is 58.0 Å². The van der Waals surface area contributed by atoms with E-state index in [4.69, 9.17) is 27.9 Å². The number of ether oxygens (including phenoxy) is 1. The highest BCUT2D eigenvalue weighted by molar-refractivity contribution is 7.92. The first-order chi connectivity index (χ1) is 18.2. The second kappa shape index (κ2) is 11.5. The number of carbonyl (C=O) groups is 2. The fourth-order valence-electron chi connectivity index (χ4n) is 4.68. The van der Waals surface area contributed by atoms with Crippen molar-refractivity contribution in [1.29, 1.82) is 0 Å². The number of amides is 1. The number of halogens is 5. The molecule has 40 heavy (non-hydrogen) atoms. The SMILES string of the molecule is CC(C)(C)S(=O)(=O)CC(CC(F)(F)F)N1C(=O)[C@](C)(CC(=O)O)O[C@H](c2cccc(Cl)c2)[C@H]1c1ccc(Cl)cc1. The average Bonchev–Trinajstić information content (AvgIpc) is 2.78. The maximum absolute atomic E-state index is 14.1. The van der Waals surface area contributed by atoms with E-state index in [1.807, 2.05) is 0 Å². The highest BCUT2D eigenvalue weighted by Gasteiger charge is 2.55. The van der Waals surface area contributed by atoms with Crippen molar-refractivity contribution in [3.05, 3.63) is 69.7 Å². The zero-order chi connectivity index (χ0) is 30.3. The molecule has 1 saturated heterocycles. The molecule has 1 heterocycles. The number of carbonyl (C=O) groups excluding carboxylic acids is 1. The van der Waals surface area contributed by atoms with Crippen LogP contribution in [-0.2, 0) is 24.2 Å². The first-order valence-corrected chi connectivity index (χ1v) is 14.7. The number of benzene rings is 2. The Balaban J connectivity index is 2.35. The van der Waals surface area contributed by atoms with Crippen LogP contribution in [0.5, 0.6) is 0 Å². The van der Waals surface area contributed by atoms with Crippen LogP contribution in [-0.4, -0.2) is 58.6 Å².